The third-order valence-electron chi connectivity index (χ3n) is 5.30. The highest BCUT2D eigenvalue weighted by Gasteiger charge is 2.45. The van der Waals surface area contributed by atoms with Crippen LogP contribution in [0, 0.1) is 0 Å². The molecule has 0 fully saturated rings. The van der Waals surface area contributed by atoms with Crippen LogP contribution in [0.3, 0.4) is 0 Å². The Hall–Kier alpha value is -3.50. The van der Waals surface area contributed by atoms with Crippen molar-refractivity contribution in [2.24, 2.45) is 0 Å². The van der Waals surface area contributed by atoms with E-state index in [4.69, 9.17) is 16.1 Å². The van der Waals surface area contributed by atoms with Gasteiger partial charge in [-0.1, -0.05) is 103 Å². The van der Waals surface area contributed by atoms with Crippen LogP contribution < -0.4 is 4.52 Å². The Morgan fingerprint density at radius 1 is 0.743 bits per heavy atom. The van der Waals surface area contributed by atoms with Gasteiger partial charge in [0.15, 0.2) is 11.4 Å². The van der Waals surface area contributed by atoms with Crippen LogP contribution in [0.2, 0.25) is 5.02 Å². The summed E-state index contributed by atoms with van der Waals surface area (Å²) in [7, 11) is -4.83. The molecule has 0 aliphatic heterocycles. The van der Waals surface area contributed by atoms with Gasteiger partial charge in [0.05, 0.1) is 0 Å². The van der Waals surface area contributed by atoms with Gasteiger partial charge < -0.3 is 9.42 Å². The molecule has 2 unspecified atom stereocenters. The van der Waals surface area contributed by atoms with Gasteiger partial charge in [-0.05, 0) is 29.8 Å². The lowest BCUT2D eigenvalue weighted by Crippen LogP contribution is -2.26. The molecule has 4 rings (SSSR count). The average molecular weight is 507 g/mol. The third-order valence-corrected chi connectivity index (χ3v) is 7.17. The van der Waals surface area contributed by atoms with Crippen molar-refractivity contribution in [2.45, 2.75) is 5.66 Å². The molecular formula is C28H21ClFO4P. The molecule has 0 aromatic heterocycles. The smallest absolute Gasteiger partial charge is 0.392 e. The predicted octanol–water partition coefficient (Wildman–Crippen LogP) is 7.69. The van der Waals surface area contributed by atoms with Crippen molar-refractivity contribution in [3.63, 3.8) is 0 Å². The van der Waals surface area contributed by atoms with Crippen LogP contribution in [-0.2, 0) is 4.57 Å². The predicted molar refractivity (Wildman–Crippen MR) is 137 cm³/mol. The first-order chi connectivity index (χ1) is 16.9. The number of allylic oxidation sites excluding steroid dienone is 1. The molecule has 0 saturated heterocycles. The fourth-order valence-electron chi connectivity index (χ4n) is 3.66. The molecule has 2 atom stereocenters. The zero-order chi connectivity index (χ0) is 24.8. The van der Waals surface area contributed by atoms with E-state index in [2.05, 4.69) is 0 Å². The zero-order valence-electron chi connectivity index (χ0n) is 18.4. The molecule has 0 aliphatic carbocycles. The quantitative estimate of drug-likeness (QED) is 0.151. The molecule has 4 nitrogen and oxygen atoms in total. The number of Topliss-reactive ketones (excluding diaryl/α,β-unsaturated/α-hetero) is 1. The molecule has 7 heteroatoms. The molecule has 0 aliphatic rings. The number of carbonyl (C=O) groups is 1. The topological polar surface area (TPSA) is 63.6 Å². The lowest BCUT2D eigenvalue weighted by molar-refractivity contribution is 0.0994. The number of benzene rings is 4. The Bertz CT molecular complexity index is 1380. The van der Waals surface area contributed by atoms with Crippen molar-refractivity contribution < 1.29 is 23.2 Å². The minimum absolute atomic E-state index is 0.0866. The maximum absolute atomic E-state index is 16.2. The van der Waals surface area contributed by atoms with Gasteiger partial charge in [-0.15, -0.1) is 0 Å². The summed E-state index contributed by atoms with van der Waals surface area (Å²) in [4.78, 5) is 25.0. The molecule has 0 heterocycles. The third kappa shape index (κ3) is 5.77. The van der Waals surface area contributed by atoms with Crippen molar-refractivity contribution >= 4 is 36.4 Å². The van der Waals surface area contributed by atoms with E-state index in [1.807, 2.05) is 0 Å². The largest absolute Gasteiger partial charge is 0.424 e. The number of hydrogen-bond donors (Lipinski definition) is 1. The Kier molecular flexibility index (Phi) is 7.62. The maximum atomic E-state index is 16.2. The summed E-state index contributed by atoms with van der Waals surface area (Å²) >= 11 is 5.97. The van der Waals surface area contributed by atoms with Gasteiger partial charge in [-0.3, -0.25) is 4.79 Å². The molecule has 4 aromatic carbocycles. The molecule has 176 valence electrons. The monoisotopic (exact) mass is 506 g/mol. The molecule has 35 heavy (non-hydrogen) atoms. The normalized spacial score (nSPS) is 14.4. The summed E-state index contributed by atoms with van der Waals surface area (Å²) in [6.07, 6.45) is 0. The van der Waals surface area contributed by atoms with Gasteiger partial charge in [-0.2, -0.15) is 0 Å². The van der Waals surface area contributed by atoms with E-state index < -0.39 is 24.9 Å². The number of rotatable bonds is 8. The number of para-hydroxylation sites is 1. The Balaban J connectivity index is 1.96. The molecule has 0 radical (unpaired) electrons. The zero-order valence-corrected chi connectivity index (χ0v) is 20.1. The first-order valence-corrected chi connectivity index (χ1v) is 12.8. The average Bonchev–Trinajstić information content (AvgIpc) is 2.88. The summed E-state index contributed by atoms with van der Waals surface area (Å²) in [5.41, 5.74) is -1.55. The van der Waals surface area contributed by atoms with E-state index in [0.29, 0.717) is 5.02 Å². The van der Waals surface area contributed by atoms with E-state index in [1.165, 1.54) is 48.5 Å². The second kappa shape index (κ2) is 10.8. The number of halogens is 2. The summed E-state index contributed by atoms with van der Waals surface area (Å²) < 4.78 is 35.5. The Labute approximate surface area is 207 Å². The highest BCUT2D eigenvalue weighted by atomic mass is 35.5. The Morgan fingerprint density at radius 2 is 1.23 bits per heavy atom. The highest BCUT2D eigenvalue weighted by Crippen LogP contribution is 2.55. The van der Waals surface area contributed by atoms with Crippen LogP contribution in [0.4, 0.5) is 4.39 Å². The summed E-state index contributed by atoms with van der Waals surface area (Å²) in [6.45, 7) is 0. The number of ketones is 1. The van der Waals surface area contributed by atoms with Crippen molar-refractivity contribution in [1.82, 2.24) is 0 Å². The van der Waals surface area contributed by atoms with Gasteiger partial charge in [0.1, 0.15) is 11.6 Å². The first kappa shape index (κ1) is 24.6. The summed E-state index contributed by atoms with van der Waals surface area (Å²) in [6, 6.07) is 30.1. The molecule has 0 amide bonds. The van der Waals surface area contributed by atoms with Crippen molar-refractivity contribution in [3.05, 3.63) is 137 Å². The van der Waals surface area contributed by atoms with E-state index in [9.17, 15) is 14.3 Å². The molecule has 0 bridgehead atoms. The second-order valence-corrected chi connectivity index (χ2v) is 9.97. The fourth-order valence-corrected chi connectivity index (χ4v) is 5.35. The molecule has 1 N–H and O–H groups in total. The van der Waals surface area contributed by atoms with Gasteiger partial charge in [0.2, 0.25) is 0 Å². The van der Waals surface area contributed by atoms with Crippen molar-refractivity contribution in [2.75, 3.05) is 0 Å². The molecular weight excluding hydrogens is 486 g/mol. The molecule has 4 aromatic rings. The van der Waals surface area contributed by atoms with E-state index in [-0.39, 0.29) is 28.0 Å². The fraction of sp³-hybridized carbons (Fsp3) is 0.0357. The number of hydrogen-bond acceptors (Lipinski definition) is 3. The van der Waals surface area contributed by atoms with E-state index in [0.717, 1.165) is 0 Å². The van der Waals surface area contributed by atoms with Gasteiger partial charge in [0, 0.05) is 21.7 Å². The lowest BCUT2D eigenvalue weighted by atomic mass is 9.94. The van der Waals surface area contributed by atoms with E-state index >= 15 is 4.39 Å². The number of carbonyl (C=O) groups excluding carboxylic acids is 1. The summed E-state index contributed by atoms with van der Waals surface area (Å²) in [5, 5.41) is 0.403. The SMILES string of the molecule is O=C(c1ccccc1)C(/C(=C(/F)c1ccc(Cl)cc1)c1ccccc1)P(=O)(O)Oc1ccccc1. The lowest BCUT2D eigenvalue weighted by Gasteiger charge is -2.25. The standard InChI is InChI=1S/C28H21ClFO4P/c29-23-18-16-21(17-19-23)26(30)25(20-10-4-1-5-11-20)28(27(31)22-12-6-2-7-13-22)35(32,33)34-24-14-8-3-9-15-24/h1-19,28H,(H,32,33)/b26-25+. The van der Waals surface area contributed by atoms with Gasteiger partial charge in [-0.25, -0.2) is 8.96 Å². The molecule has 0 saturated carbocycles. The first-order valence-electron chi connectivity index (χ1n) is 10.7. The van der Waals surface area contributed by atoms with Crippen molar-refractivity contribution in [3.8, 4) is 5.75 Å². The van der Waals surface area contributed by atoms with Crippen molar-refractivity contribution in [1.29, 1.82) is 0 Å². The highest BCUT2D eigenvalue weighted by molar-refractivity contribution is 7.56. The van der Waals surface area contributed by atoms with Crippen LogP contribution in [0.5, 0.6) is 5.75 Å². The maximum Gasteiger partial charge on any atom is 0.392 e. The van der Waals surface area contributed by atoms with Gasteiger partial charge in [0.25, 0.3) is 0 Å². The van der Waals surface area contributed by atoms with Crippen LogP contribution in [-0.4, -0.2) is 16.3 Å². The van der Waals surface area contributed by atoms with Gasteiger partial charge >= 0.3 is 7.60 Å². The van der Waals surface area contributed by atoms with E-state index in [1.54, 1.807) is 66.7 Å². The Morgan fingerprint density at radius 3 is 1.77 bits per heavy atom. The van der Waals surface area contributed by atoms with Crippen LogP contribution >= 0.6 is 19.2 Å². The van der Waals surface area contributed by atoms with Crippen LogP contribution in [0.1, 0.15) is 21.5 Å². The van der Waals surface area contributed by atoms with Crippen LogP contribution in [0.25, 0.3) is 11.4 Å². The summed E-state index contributed by atoms with van der Waals surface area (Å²) in [5.74, 6) is -1.48. The van der Waals surface area contributed by atoms with Crippen LogP contribution in [0.15, 0.2) is 115 Å². The minimum Gasteiger partial charge on any atom is -0.424 e. The minimum atomic E-state index is -4.83. The second-order valence-electron chi connectivity index (χ2n) is 7.70. The molecule has 0 spiro atoms.